The van der Waals surface area contributed by atoms with Gasteiger partial charge in [-0.15, -0.1) is 0 Å². The number of likely N-dealkylation sites (tertiary alicyclic amines) is 1. The van der Waals surface area contributed by atoms with E-state index in [1.165, 1.54) is 0 Å². The summed E-state index contributed by atoms with van der Waals surface area (Å²) in [5, 5.41) is 4.05. The summed E-state index contributed by atoms with van der Waals surface area (Å²) in [5.41, 5.74) is 0.759. The smallest absolute Gasteiger partial charge is 0.233 e. The molecule has 3 nitrogen and oxygen atoms in total. The number of rotatable bonds is 3. The molecule has 1 N–H and O–H groups in total. The lowest BCUT2D eigenvalue weighted by Crippen LogP contribution is -2.52. The van der Waals surface area contributed by atoms with Crippen LogP contribution in [0.25, 0.3) is 0 Å². The molecule has 1 saturated heterocycles. The second-order valence-corrected chi connectivity index (χ2v) is 7.11. The summed E-state index contributed by atoms with van der Waals surface area (Å²) >= 11 is 6.19. The molecule has 1 atom stereocenters. The van der Waals surface area contributed by atoms with Gasteiger partial charge in [-0.3, -0.25) is 4.79 Å². The maximum atomic E-state index is 13.4. The molecule has 1 heterocycles. The van der Waals surface area contributed by atoms with E-state index in [1.54, 1.807) is 0 Å². The van der Waals surface area contributed by atoms with E-state index in [-0.39, 0.29) is 5.41 Å². The summed E-state index contributed by atoms with van der Waals surface area (Å²) in [4.78, 5) is 15.4. The molecule has 0 bridgehead atoms. The molecule has 1 aliphatic carbocycles. The summed E-state index contributed by atoms with van der Waals surface area (Å²) in [6.07, 6.45) is 6.40. The molecule has 22 heavy (non-hydrogen) atoms. The number of hydrogen-bond acceptors (Lipinski definition) is 2. The molecule has 3 rings (SSSR count). The van der Waals surface area contributed by atoms with Crippen molar-refractivity contribution in [1.82, 2.24) is 10.2 Å². The highest BCUT2D eigenvalue weighted by molar-refractivity contribution is 6.30. The topological polar surface area (TPSA) is 32.3 Å². The molecule has 1 unspecified atom stereocenters. The first-order valence-corrected chi connectivity index (χ1v) is 8.76. The van der Waals surface area contributed by atoms with Crippen LogP contribution in [0, 0.1) is 0 Å². The van der Waals surface area contributed by atoms with E-state index < -0.39 is 0 Å². The minimum Gasteiger partial charge on any atom is -0.340 e. The average molecular weight is 321 g/mol. The monoisotopic (exact) mass is 320 g/mol. The molecule has 1 amide bonds. The van der Waals surface area contributed by atoms with Gasteiger partial charge in [-0.25, -0.2) is 0 Å². The Morgan fingerprint density at radius 3 is 2.77 bits per heavy atom. The van der Waals surface area contributed by atoms with Crippen molar-refractivity contribution in [3.8, 4) is 0 Å². The second kappa shape index (κ2) is 6.59. The minimum atomic E-state index is -0.347. The van der Waals surface area contributed by atoms with E-state index in [2.05, 4.69) is 16.3 Å². The number of carbonyl (C=O) groups excluding carboxylic acids is 1. The number of halogens is 1. The van der Waals surface area contributed by atoms with Crippen LogP contribution < -0.4 is 5.32 Å². The lowest BCUT2D eigenvalue weighted by atomic mass is 9.77. The summed E-state index contributed by atoms with van der Waals surface area (Å²) in [6.45, 7) is 1.72. The van der Waals surface area contributed by atoms with Gasteiger partial charge >= 0.3 is 0 Å². The van der Waals surface area contributed by atoms with Crippen LogP contribution in [0.3, 0.4) is 0 Å². The number of nitrogens with zero attached hydrogens (tertiary/aromatic N) is 1. The Morgan fingerprint density at radius 1 is 1.32 bits per heavy atom. The predicted molar refractivity (Wildman–Crippen MR) is 90.3 cm³/mol. The Morgan fingerprint density at radius 2 is 2.09 bits per heavy atom. The zero-order valence-electron chi connectivity index (χ0n) is 13.3. The number of amides is 1. The number of benzene rings is 1. The minimum absolute atomic E-state index is 0.312. The van der Waals surface area contributed by atoms with Crippen LogP contribution in [0.5, 0.6) is 0 Å². The van der Waals surface area contributed by atoms with Crippen molar-refractivity contribution in [3.63, 3.8) is 0 Å². The molecule has 120 valence electrons. The van der Waals surface area contributed by atoms with Gasteiger partial charge in [0.25, 0.3) is 0 Å². The second-order valence-electron chi connectivity index (χ2n) is 6.68. The van der Waals surface area contributed by atoms with E-state index in [1.807, 2.05) is 25.2 Å². The Kier molecular flexibility index (Phi) is 4.74. The summed E-state index contributed by atoms with van der Waals surface area (Å²) in [6, 6.07) is 8.35. The van der Waals surface area contributed by atoms with Gasteiger partial charge in [-0.2, -0.15) is 0 Å². The van der Waals surface area contributed by atoms with Gasteiger partial charge in [0, 0.05) is 24.2 Å². The number of nitrogens with one attached hydrogen (secondary N) is 1. The average Bonchev–Trinajstić information content (AvgIpc) is 3.05. The summed E-state index contributed by atoms with van der Waals surface area (Å²) in [7, 11) is 1.99. The maximum Gasteiger partial charge on any atom is 0.233 e. The third-order valence-corrected chi connectivity index (χ3v) is 5.60. The van der Waals surface area contributed by atoms with Crippen molar-refractivity contribution >= 4 is 17.5 Å². The Bertz CT molecular complexity index is 540. The summed E-state index contributed by atoms with van der Waals surface area (Å²) < 4.78 is 0. The molecule has 0 radical (unpaired) electrons. The van der Waals surface area contributed by atoms with Crippen LogP contribution in [0.2, 0.25) is 5.02 Å². The number of hydrogen-bond donors (Lipinski definition) is 1. The molecule has 1 aromatic carbocycles. The summed E-state index contributed by atoms with van der Waals surface area (Å²) in [5.74, 6) is 0.312. The highest BCUT2D eigenvalue weighted by Gasteiger charge is 2.45. The van der Waals surface area contributed by atoms with Crippen molar-refractivity contribution < 1.29 is 4.79 Å². The number of likely N-dealkylation sites (N-methyl/N-ethyl adjacent to an activating group) is 1. The molecule has 1 aliphatic heterocycles. The quantitative estimate of drug-likeness (QED) is 0.926. The van der Waals surface area contributed by atoms with Gasteiger partial charge in [0.2, 0.25) is 5.91 Å². The SMILES string of the molecule is CNC1CCCN(C(=O)C2(c3cccc(Cl)c3)CCCC2)C1. The number of piperidine rings is 1. The van der Waals surface area contributed by atoms with Gasteiger partial charge in [0.15, 0.2) is 0 Å². The molecule has 4 heteroatoms. The van der Waals surface area contributed by atoms with Gasteiger partial charge < -0.3 is 10.2 Å². The van der Waals surface area contributed by atoms with Crippen molar-refractivity contribution in [2.45, 2.75) is 50.0 Å². The highest BCUT2D eigenvalue weighted by atomic mass is 35.5. The first-order valence-electron chi connectivity index (χ1n) is 8.38. The molecular formula is C18H25ClN2O. The highest BCUT2D eigenvalue weighted by Crippen LogP contribution is 2.43. The van der Waals surface area contributed by atoms with E-state index in [0.29, 0.717) is 11.9 Å². The fourth-order valence-corrected chi connectivity index (χ4v) is 4.28. The lowest BCUT2D eigenvalue weighted by molar-refractivity contribution is -0.138. The van der Waals surface area contributed by atoms with Crippen molar-refractivity contribution in [2.75, 3.05) is 20.1 Å². The van der Waals surface area contributed by atoms with Gasteiger partial charge in [0.1, 0.15) is 0 Å². The zero-order chi connectivity index (χ0) is 15.6. The molecule has 1 aromatic rings. The molecular weight excluding hydrogens is 296 g/mol. The first-order chi connectivity index (χ1) is 10.7. The molecule has 2 fully saturated rings. The standard InChI is InChI=1S/C18H25ClN2O/c1-20-16-8-5-11-21(13-16)17(22)18(9-2-3-10-18)14-6-4-7-15(19)12-14/h4,6-7,12,16,20H,2-3,5,8-11,13H2,1H3. The van der Waals surface area contributed by atoms with Crippen LogP contribution in [-0.4, -0.2) is 37.0 Å². The van der Waals surface area contributed by atoms with E-state index in [0.717, 1.165) is 62.2 Å². The molecule has 0 aromatic heterocycles. The zero-order valence-corrected chi connectivity index (χ0v) is 14.0. The van der Waals surface area contributed by atoms with Gasteiger partial charge in [-0.1, -0.05) is 36.6 Å². The fraction of sp³-hybridized carbons (Fsp3) is 0.611. The first kappa shape index (κ1) is 15.8. The van der Waals surface area contributed by atoms with Gasteiger partial charge in [-0.05, 0) is 50.4 Å². The van der Waals surface area contributed by atoms with Crippen molar-refractivity contribution in [2.24, 2.45) is 0 Å². The lowest BCUT2D eigenvalue weighted by Gasteiger charge is -2.39. The van der Waals surface area contributed by atoms with Crippen molar-refractivity contribution in [1.29, 1.82) is 0 Å². The van der Waals surface area contributed by atoms with E-state index in [4.69, 9.17) is 11.6 Å². The van der Waals surface area contributed by atoms with Crippen LogP contribution >= 0.6 is 11.6 Å². The largest absolute Gasteiger partial charge is 0.340 e. The normalized spacial score (nSPS) is 24.5. The van der Waals surface area contributed by atoms with Crippen LogP contribution in [0.1, 0.15) is 44.1 Å². The Hall–Kier alpha value is -1.06. The Labute approximate surface area is 138 Å². The molecule has 1 saturated carbocycles. The van der Waals surface area contributed by atoms with Crippen LogP contribution in [0.4, 0.5) is 0 Å². The van der Waals surface area contributed by atoms with E-state index >= 15 is 0 Å². The third kappa shape index (κ3) is 2.89. The van der Waals surface area contributed by atoms with Crippen LogP contribution in [-0.2, 0) is 10.2 Å². The van der Waals surface area contributed by atoms with E-state index in [9.17, 15) is 4.79 Å². The predicted octanol–water partition coefficient (Wildman–Crippen LogP) is 3.36. The van der Waals surface area contributed by atoms with Gasteiger partial charge in [0.05, 0.1) is 5.41 Å². The third-order valence-electron chi connectivity index (χ3n) is 5.36. The molecule has 0 spiro atoms. The fourth-order valence-electron chi connectivity index (χ4n) is 4.09. The number of carbonyl (C=O) groups is 1. The Balaban J connectivity index is 1.89. The maximum absolute atomic E-state index is 13.4. The van der Waals surface area contributed by atoms with Crippen LogP contribution in [0.15, 0.2) is 24.3 Å². The molecule has 2 aliphatic rings. The van der Waals surface area contributed by atoms with Crippen molar-refractivity contribution in [3.05, 3.63) is 34.9 Å².